The molecule has 0 amide bonds. The van der Waals surface area contributed by atoms with E-state index in [9.17, 15) is 0 Å². The van der Waals surface area contributed by atoms with Gasteiger partial charge in [-0.05, 0) is 41.8 Å². The average molecular weight is 273 g/mol. The normalized spacial score (nSPS) is 12.8. The molecule has 1 unspecified atom stereocenters. The van der Waals surface area contributed by atoms with Crippen LogP contribution in [0.5, 0.6) is 0 Å². The number of aromatic nitrogens is 4. The van der Waals surface area contributed by atoms with E-state index in [2.05, 4.69) is 36.3 Å². The highest BCUT2D eigenvalue weighted by Crippen LogP contribution is 2.31. The second-order valence-corrected chi connectivity index (χ2v) is 5.30. The number of rotatable bonds is 5. The number of nitrogens with zero attached hydrogens (tertiary/aromatic N) is 4. The minimum absolute atomic E-state index is 0.259. The number of nitrogen functional groups attached to an aromatic ring is 1. The summed E-state index contributed by atoms with van der Waals surface area (Å²) in [4.78, 5) is 0. The van der Waals surface area contributed by atoms with Gasteiger partial charge in [0, 0.05) is 11.3 Å². The van der Waals surface area contributed by atoms with Crippen molar-refractivity contribution in [2.24, 2.45) is 5.92 Å². The molecule has 0 saturated carbocycles. The van der Waals surface area contributed by atoms with E-state index in [-0.39, 0.29) is 6.04 Å². The van der Waals surface area contributed by atoms with Crippen molar-refractivity contribution >= 4 is 5.69 Å². The maximum atomic E-state index is 6.18. The van der Waals surface area contributed by atoms with E-state index >= 15 is 0 Å². The Kier molecular flexibility index (Phi) is 4.37. The monoisotopic (exact) mass is 273 g/mol. The average Bonchev–Trinajstić information content (AvgIpc) is 2.92. The van der Waals surface area contributed by atoms with Crippen LogP contribution < -0.4 is 5.73 Å². The van der Waals surface area contributed by atoms with Crippen molar-refractivity contribution in [3.63, 3.8) is 0 Å². The van der Waals surface area contributed by atoms with E-state index in [0.29, 0.717) is 5.92 Å². The summed E-state index contributed by atoms with van der Waals surface area (Å²) in [5.41, 5.74) is 8.88. The fourth-order valence-electron chi connectivity index (χ4n) is 2.69. The molecule has 5 nitrogen and oxygen atoms in total. The highest BCUT2D eigenvalue weighted by molar-refractivity contribution is 5.74. The first-order chi connectivity index (χ1) is 9.60. The van der Waals surface area contributed by atoms with Crippen LogP contribution in [-0.4, -0.2) is 20.2 Å². The van der Waals surface area contributed by atoms with E-state index in [0.717, 1.165) is 35.5 Å². The predicted molar refractivity (Wildman–Crippen MR) is 81.2 cm³/mol. The Hall–Kier alpha value is -1.91. The molecule has 0 aliphatic heterocycles. The van der Waals surface area contributed by atoms with Crippen LogP contribution in [0.1, 0.15) is 45.2 Å². The van der Waals surface area contributed by atoms with Crippen molar-refractivity contribution < 1.29 is 0 Å². The molecule has 20 heavy (non-hydrogen) atoms. The van der Waals surface area contributed by atoms with Crippen LogP contribution in [0.3, 0.4) is 0 Å². The summed E-state index contributed by atoms with van der Waals surface area (Å²) in [7, 11) is 0. The summed E-state index contributed by atoms with van der Waals surface area (Å²) in [5, 5.41) is 12.2. The molecule has 0 saturated heterocycles. The molecule has 0 aliphatic carbocycles. The Morgan fingerprint density at radius 1 is 1.25 bits per heavy atom. The number of anilines is 1. The van der Waals surface area contributed by atoms with E-state index in [4.69, 9.17) is 5.73 Å². The Morgan fingerprint density at radius 2 is 1.95 bits per heavy atom. The van der Waals surface area contributed by atoms with Crippen molar-refractivity contribution in [1.29, 1.82) is 0 Å². The fourth-order valence-corrected chi connectivity index (χ4v) is 2.69. The van der Waals surface area contributed by atoms with Crippen molar-refractivity contribution in [2.75, 3.05) is 5.73 Å². The highest BCUT2D eigenvalue weighted by atomic mass is 15.5. The maximum absolute atomic E-state index is 6.18. The van der Waals surface area contributed by atoms with Gasteiger partial charge in [0.15, 0.2) is 5.82 Å². The lowest BCUT2D eigenvalue weighted by molar-refractivity contribution is 0.309. The molecule has 1 aromatic heterocycles. The van der Waals surface area contributed by atoms with Crippen LogP contribution >= 0.6 is 0 Å². The molecule has 2 aromatic rings. The quantitative estimate of drug-likeness (QED) is 0.849. The van der Waals surface area contributed by atoms with E-state index in [1.807, 2.05) is 29.8 Å². The second-order valence-electron chi connectivity index (χ2n) is 5.30. The molecule has 0 aliphatic rings. The number of para-hydroxylation sites is 1. The SMILES string of the molecule is CCC(CC)C(C)n1nnnc1-c1cccc(C)c1N. The van der Waals surface area contributed by atoms with Gasteiger partial charge in [0.2, 0.25) is 0 Å². The van der Waals surface area contributed by atoms with Crippen molar-refractivity contribution in [3.8, 4) is 11.4 Å². The minimum Gasteiger partial charge on any atom is -0.398 e. The Bertz CT molecular complexity index is 571. The Labute approximate surface area is 120 Å². The zero-order valence-corrected chi connectivity index (χ0v) is 12.7. The van der Waals surface area contributed by atoms with Crippen molar-refractivity contribution in [2.45, 2.75) is 46.6 Å². The maximum Gasteiger partial charge on any atom is 0.184 e. The summed E-state index contributed by atoms with van der Waals surface area (Å²) < 4.78 is 1.91. The molecule has 2 N–H and O–H groups in total. The topological polar surface area (TPSA) is 69.6 Å². The fraction of sp³-hybridized carbons (Fsp3) is 0.533. The number of benzene rings is 1. The third-order valence-corrected chi connectivity index (χ3v) is 4.17. The first-order valence-electron chi connectivity index (χ1n) is 7.23. The van der Waals surface area contributed by atoms with Gasteiger partial charge in [0.25, 0.3) is 0 Å². The largest absolute Gasteiger partial charge is 0.398 e. The molecule has 0 fully saturated rings. The van der Waals surface area contributed by atoms with E-state index in [1.54, 1.807) is 0 Å². The van der Waals surface area contributed by atoms with Crippen LogP contribution in [-0.2, 0) is 0 Å². The summed E-state index contributed by atoms with van der Waals surface area (Å²) in [6.07, 6.45) is 2.22. The summed E-state index contributed by atoms with van der Waals surface area (Å²) in [5.74, 6) is 1.31. The molecule has 0 spiro atoms. The van der Waals surface area contributed by atoms with Gasteiger partial charge in [-0.2, -0.15) is 0 Å². The van der Waals surface area contributed by atoms with Gasteiger partial charge in [0.1, 0.15) is 0 Å². The van der Waals surface area contributed by atoms with Gasteiger partial charge in [-0.25, -0.2) is 4.68 Å². The lowest BCUT2D eigenvalue weighted by Gasteiger charge is -2.22. The molecule has 0 bridgehead atoms. The van der Waals surface area contributed by atoms with Gasteiger partial charge < -0.3 is 5.73 Å². The van der Waals surface area contributed by atoms with Crippen LogP contribution in [0.4, 0.5) is 5.69 Å². The predicted octanol–water partition coefficient (Wildman–Crippen LogP) is 3.23. The minimum atomic E-state index is 0.259. The molecule has 0 radical (unpaired) electrons. The van der Waals surface area contributed by atoms with Crippen LogP contribution in [0, 0.1) is 12.8 Å². The molecule has 1 atom stereocenters. The summed E-state index contributed by atoms with van der Waals surface area (Å²) in [6.45, 7) is 8.58. The van der Waals surface area contributed by atoms with Crippen LogP contribution in [0.15, 0.2) is 18.2 Å². The van der Waals surface area contributed by atoms with Crippen LogP contribution in [0.2, 0.25) is 0 Å². The van der Waals surface area contributed by atoms with Gasteiger partial charge in [-0.3, -0.25) is 0 Å². The summed E-state index contributed by atoms with van der Waals surface area (Å²) in [6, 6.07) is 6.22. The van der Waals surface area contributed by atoms with E-state index in [1.165, 1.54) is 0 Å². The first-order valence-corrected chi connectivity index (χ1v) is 7.23. The molecule has 5 heteroatoms. The van der Waals surface area contributed by atoms with Crippen LogP contribution in [0.25, 0.3) is 11.4 Å². The molecule has 1 aromatic carbocycles. The van der Waals surface area contributed by atoms with E-state index < -0.39 is 0 Å². The molecule has 1 heterocycles. The zero-order chi connectivity index (χ0) is 14.7. The number of tetrazole rings is 1. The third kappa shape index (κ3) is 2.53. The van der Waals surface area contributed by atoms with Gasteiger partial charge in [0.05, 0.1) is 6.04 Å². The second kappa shape index (κ2) is 6.03. The Balaban J connectivity index is 2.45. The first kappa shape index (κ1) is 14.5. The lowest BCUT2D eigenvalue weighted by atomic mass is 9.95. The van der Waals surface area contributed by atoms with Crippen molar-refractivity contribution in [3.05, 3.63) is 23.8 Å². The van der Waals surface area contributed by atoms with Gasteiger partial charge >= 0.3 is 0 Å². The van der Waals surface area contributed by atoms with Gasteiger partial charge in [-0.1, -0.05) is 38.8 Å². The van der Waals surface area contributed by atoms with Crippen molar-refractivity contribution in [1.82, 2.24) is 20.2 Å². The number of hydrogen-bond donors (Lipinski definition) is 1. The number of aryl methyl sites for hydroxylation is 1. The molecular weight excluding hydrogens is 250 g/mol. The lowest BCUT2D eigenvalue weighted by Crippen LogP contribution is -2.18. The number of hydrogen-bond acceptors (Lipinski definition) is 4. The number of nitrogens with two attached hydrogens (primary N) is 1. The standard InChI is InChI=1S/C15H23N5/c1-5-12(6-2)11(4)20-15(17-18-19-20)13-9-7-8-10(3)14(13)16/h7-9,11-12H,5-6,16H2,1-4H3. The molecule has 108 valence electrons. The third-order valence-electron chi connectivity index (χ3n) is 4.17. The summed E-state index contributed by atoms with van der Waals surface area (Å²) >= 11 is 0. The smallest absolute Gasteiger partial charge is 0.184 e. The molecule has 2 rings (SSSR count). The van der Waals surface area contributed by atoms with Gasteiger partial charge in [-0.15, -0.1) is 5.10 Å². The molecular formula is C15H23N5. The Morgan fingerprint density at radius 3 is 2.60 bits per heavy atom. The highest BCUT2D eigenvalue weighted by Gasteiger charge is 2.22. The zero-order valence-electron chi connectivity index (χ0n) is 12.7.